The fourth-order valence-corrected chi connectivity index (χ4v) is 4.28. The van der Waals surface area contributed by atoms with E-state index in [2.05, 4.69) is 82.1 Å². The molecule has 2 aromatic heterocycles. The summed E-state index contributed by atoms with van der Waals surface area (Å²) in [5, 5.41) is 2.08. The van der Waals surface area contributed by atoms with Crippen LogP contribution in [0.1, 0.15) is 17.8 Å². The van der Waals surface area contributed by atoms with Gasteiger partial charge >= 0.3 is 0 Å². The van der Waals surface area contributed by atoms with Crippen molar-refractivity contribution in [2.45, 2.75) is 19.0 Å². The Morgan fingerprint density at radius 3 is 2.65 bits per heavy atom. The molecule has 17 heavy (non-hydrogen) atoms. The SMILES string of the molecule is CC(N)C(c1cc(Br)cs1)n1cnc(I)c1I. The van der Waals surface area contributed by atoms with Gasteiger partial charge in [-0.05, 0) is 74.1 Å². The first-order chi connectivity index (χ1) is 8.00. The summed E-state index contributed by atoms with van der Waals surface area (Å²) in [5.74, 6) is 0. The van der Waals surface area contributed by atoms with Gasteiger partial charge in [-0.2, -0.15) is 0 Å². The zero-order chi connectivity index (χ0) is 12.6. The standard InChI is InChI=1S/C10H10BrI2N3S/c1-5(14)8(7-2-6(11)3-17-7)16-4-15-9(12)10(16)13/h2-5,8H,14H2,1H3. The quantitative estimate of drug-likeness (QED) is 0.605. The van der Waals surface area contributed by atoms with Gasteiger partial charge in [-0.3, -0.25) is 0 Å². The molecule has 0 aliphatic carbocycles. The number of imidazole rings is 1. The van der Waals surface area contributed by atoms with Gasteiger partial charge in [0.15, 0.2) is 0 Å². The number of thiophene rings is 1. The molecule has 92 valence electrons. The molecule has 2 aromatic rings. The van der Waals surface area contributed by atoms with E-state index in [0.717, 1.165) is 11.9 Å². The Labute approximate surface area is 140 Å². The van der Waals surface area contributed by atoms with Crippen LogP contribution < -0.4 is 5.73 Å². The summed E-state index contributed by atoms with van der Waals surface area (Å²) in [4.78, 5) is 5.58. The lowest BCUT2D eigenvalue weighted by molar-refractivity contribution is 0.495. The molecular weight excluding hydrogens is 528 g/mol. The third-order valence-electron chi connectivity index (χ3n) is 2.37. The summed E-state index contributed by atoms with van der Waals surface area (Å²) in [7, 11) is 0. The van der Waals surface area contributed by atoms with E-state index in [1.807, 2.05) is 13.3 Å². The van der Waals surface area contributed by atoms with E-state index < -0.39 is 0 Å². The van der Waals surface area contributed by atoms with Crippen LogP contribution in [0.15, 0.2) is 22.2 Å². The van der Waals surface area contributed by atoms with Gasteiger partial charge in [0.25, 0.3) is 0 Å². The molecule has 0 aliphatic heterocycles. The van der Waals surface area contributed by atoms with Gasteiger partial charge < -0.3 is 10.3 Å². The van der Waals surface area contributed by atoms with Gasteiger partial charge in [-0.1, -0.05) is 0 Å². The predicted molar refractivity (Wildman–Crippen MR) is 91.5 cm³/mol. The summed E-state index contributed by atoms with van der Waals surface area (Å²) in [5.41, 5.74) is 6.13. The normalized spacial score (nSPS) is 14.9. The van der Waals surface area contributed by atoms with Crippen LogP contribution in [-0.4, -0.2) is 15.6 Å². The maximum Gasteiger partial charge on any atom is 0.132 e. The summed E-state index contributed by atoms with van der Waals surface area (Å²) >= 11 is 9.76. The van der Waals surface area contributed by atoms with Crippen molar-refractivity contribution in [1.29, 1.82) is 0 Å². The van der Waals surface area contributed by atoms with Crippen LogP contribution in [0, 0.1) is 7.40 Å². The summed E-state index contributed by atoms with van der Waals surface area (Å²) in [6.45, 7) is 2.03. The third kappa shape index (κ3) is 3.04. The van der Waals surface area contributed by atoms with E-state index in [-0.39, 0.29) is 12.1 Å². The van der Waals surface area contributed by atoms with Crippen molar-refractivity contribution in [3.63, 3.8) is 0 Å². The molecule has 2 rings (SSSR count). The first-order valence-electron chi connectivity index (χ1n) is 4.88. The van der Waals surface area contributed by atoms with Crippen molar-refractivity contribution in [3.8, 4) is 0 Å². The van der Waals surface area contributed by atoms with Crippen LogP contribution in [0.25, 0.3) is 0 Å². The van der Waals surface area contributed by atoms with E-state index in [1.165, 1.54) is 4.88 Å². The van der Waals surface area contributed by atoms with Crippen LogP contribution in [-0.2, 0) is 0 Å². The molecule has 0 saturated heterocycles. The number of rotatable bonds is 3. The smallest absolute Gasteiger partial charge is 0.132 e. The number of hydrogen-bond acceptors (Lipinski definition) is 3. The highest BCUT2D eigenvalue weighted by molar-refractivity contribution is 14.1. The van der Waals surface area contributed by atoms with E-state index in [4.69, 9.17) is 5.73 Å². The summed E-state index contributed by atoms with van der Waals surface area (Å²) in [6, 6.07) is 2.31. The van der Waals surface area contributed by atoms with Gasteiger partial charge in [0, 0.05) is 20.8 Å². The van der Waals surface area contributed by atoms with Gasteiger partial charge in [-0.15, -0.1) is 11.3 Å². The largest absolute Gasteiger partial charge is 0.326 e. The van der Waals surface area contributed by atoms with Crippen LogP contribution in [0.2, 0.25) is 0 Å². The van der Waals surface area contributed by atoms with Crippen molar-refractivity contribution in [2.75, 3.05) is 0 Å². The van der Waals surface area contributed by atoms with Gasteiger partial charge in [0.2, 0.25) is 0 Å². The molecule has 0 aliphatic rings. The average molecular weight is 538 g/mol. The molecule has 0 bridgehead atoms. The lowest BCUT2D eigenvalue weighted by atomic mass is 10.1. The van der Waals surface area contributed by atoms with E-state index in [0.29, 0.717) is 0 Å². The molecule has 0 radical (unpaired) electrons. The number of aromatic nitrogens is 2. The first kappa shape index (κ1) is 14.2. The first-order valence-corrected chi connectivity index (χ1v) is 8.71. The molecule has 3 nitrogen and oxygen atoms in total. The van der Waals surface area contributed by atoms with Gasteiger partial charge in [-0.25, -0.2) is 4.98 Å². The minimum Gasteiger partial charge on any atom is -0.326 e. The van der Waals surface area contributed by atoms with Gasteiger partial charge in [0.05, 0.1) is 12.4 Å². The molecule has 0 saturated carbocycles. The maximum absolute atomic E-state index is 6.13. The predicted octanol–water partition coefficient (Wildman–Crippen LogP) is 3.85. The second-order valence-electron chi connectivity index (χ2n) is 3.70. The highest BCUT2D eigenvalue weighted by Gasteiger charge is 2.22. The Morgan fingerprint density at radius 1 is 1.53 bits per heavy atom. The number of halogens is 3. The highest BCUT2D eigenvalue weighted by atomic mass is 127. The molecule has 2 unspecified atom stereocenters. The summed E-state index contributed by atoms with van der Waals surface area (Å²) in [6.07, 6.45) is 1.87. The van der Waals surface area contributed by atoms with E-state index in [9.17, 15) is 0 Å². The fraction of sp³-hybridized carbons (Fsp3) is 0.300. The lowest BCUT2D eigenvalue weighted by Gasteiger charge is -2.22. The molecular formula is C10H10BrI2N3S. The minimum absolute atomic E-state index is 0.0408. The number of nitrogens with two attached hydrogens (primary N) is 1. The van der Waals surface area contributed by atoms with Crippen LogP contribution in [0.3, 0.4) is 0 Å². The van der Waals surface area contributed by atoms with Crippen molar-refractivity contribution in [2.24, 2.45) is 5.73 Å². The van der Waals surface area contributed by atoms with Crippen molar-refractivity contribution in [3.05, 3.63) is 34.5 Å². The van der Waals surface area contributed by atoms with Crippen LogP contribution >= 0.6 is 72.4 Å². The molecule has 7 heteroatoms. The Kier molecular flexibility index (Phi) is 4.89. The number of nitrogens with zero attached hydrogens (tertiary/aromatic N) is 2. The molecule has 0 fully saturated rings. The Balaban J connectivity index is 2.46. The van der Waals surface area contributed by atoms with E-state index in [1.54, 1.807) is 11.3 Å². The Bertz CT molecular complexity index is 523. The zero-order valence-electron chi connectivity index (χ0n) is 8.90. The Morgan fingerprint density at radius 2 is 2.24 bits per heavy atom. The molecule has 2 atom stereocenters. The highest BCUT2D eigenvalue weighted by Crippen LogP contribution is 2.32. The molecule has 0 spiro atoms. The molecule has 2 heterocycles. The molecule has 2 N–H and O–H groups in total. The minimum atomic E-state index is 0.0408. The maximum atomic E-state index is 6.13. The average Bonchev–Trinajstić information content (AvgIpc) is 2.80. The van der Waals surface area contributed by atoms with E-state index >= 15 is 0 Å². The van der Waals surface area contributed by atoms with Crippen molar-refractivity contribution >= 4 is 72.4 Å². The molecule has 0 amide bonds. The number of hydrogen-bond donors (Lipinski definition) is 1. The Hall–Kier alpha value is 0.810. The summed E-state index contributed by atoms with van der Waals surface area (Å²) < 4.78 is 5.40. The topological polar surface area (TPSA) is 43.8 Å². The van der Waals surface area contributed by atoms with Crippen molar-refractivity contribution in [1.82, 2.24) is 9.55 Å². The third-order valence-corrected chi connectivity index (χ3v) is 7.02. The molecule has 0 aromatic carbocycles. The lowest BCUT2D eigenvalue weighted by Crippen LogP contribution is -2.30. The van der Waals surface area contributed by atoms with Crippen molar-refractivity contribution < 1.29 is 0 Å². The second-order valence-corrected chi connectivity index (χ2v) is 7.61. The monoisotopic (exact) mass is 537 g/mol. The zero-order valence-corrected chi connectivity index (χ0v) is 15.6. The van der Waals surface area contributed by atoms with Crippen LogP contribution in [0.4, 0.5) is 0 Å². The van der Waals surface area contributed by atoms with Gasteiger partial charge in [0.1, 0.15) is 7.40 Å². The van der Waals surface area contributed by atoms with Crippen LogP contribution in [0.5, 0.6) is 0 Å². The second kappa shape index (κ2) is 5.85. The fourth-order valence-electron chi connectivity index (χ4n) is 1.65.